The zero-order chi connectivity index (χ0) is 12.3. The van der Waals surface area contributed by atoms with Crippen LogP contribution in [0.4, 0.5) is 0 Å². The smallest absolute Gasteiger partial charge is 0.186 e. The van der Waals surface area contributed by atoms with E-state index in [0.29, 0.717) is 12.2 Å². The molecule has 88 valence electrons. The van der Waals surface area contributed by atoms with Crippen LogP contribution >= 0.6 is 15.9 Å². The van der Waals surface area contributed by atoms with Gasteiger partial charge in [0.25, 0.3) is 0 Å². The number of halogens is 1. The molecule has 0 amide bonds. The molecular weight excluding hydrogens is 284 g/mol. The Bertz CT molecular complexity index is 533. The van der Waals surface area contributed by atoms with Crippen molar-refractivity contribution in [3.63, 3.8) is 0 Å². The number of hydrogen-bond acceptors (Lipinski definition) is 3. The predicted molar refractivity (Wildman–Crippen MR) is 68.0 cm³/mol. The van der Waals surface area contributed by atoms with Gasteiger partial charge >= 0.3 is 0 Å². The van der Waals surface area contributed by atoms with Crippen molar-refractivity contribution in [1.29, 1.82) is 0 Å². The highest BCUT2D eigenvalue weighted by molar-refractivity contribution is 9.10. The summed E-state index contributed by atoms with van der Waals surface area (Å²) in [5, 5.41) is 11.7. The molecule has 0 aliphatic rings. The third-order valence-corrected chi connectivity index (χ3v) is 2.79. The molecule has 2 rings (SSSR count). The molecule has 0 saturated carbocycles. The van der Waals surface area contributed by atoms with E-state index in [1.54, 1.807) is 12.3 Å². The SMILES string of the molecule is N/C(=N/O)c1cccn1Cc1ccc(Br)cn1. The Morgan fingerprint density at radius 2 is 2.29 bits per heavy atom. The molecular formula is C11H11BrN4O. The van der Waals surface area contributed by atoms with Gasteiger partial charge in [-0.1, -0.05) is 5.16 Å². The molecule has 0 fully saturated rings. The summed E-state index contributed by atoms with van der Waals surface area (Å²) < 4.78 is 2.80. The van der Waals surface area contributed by atoms with Crippen LogP contribution in [0.1, 0.15) is 11.4 Å². The Balaban J connectivity index is 2.25. The van der Waals surface area contributed by atoms with Crippen molar-refractivity contribution >= 4 is 21.8 Å². The van der Waals surface area contributed by atoms with Crippen LogP contribution in [0.5, 0.6) is 0 Å². The third-order valence-electron chi connectivity index (χ3n) is 2.32. The number of hydrogen-bond donors (Lipinski definition) is 2. The molecule has 2 heterocycles. The topological polar surface area (TPSA) is 76.4 Å². The number of pyridine rings is 1. The number of nitrogens with zero attached hydrogens (tertiary/aromatic N) is 3. The molecule has 0 radical (unpaired) electrons. The first-order valence-electron chi connectivity index (χ1n) is 4.94. The van der Waals surface area contributed by atoms with Crippen LogP contribution in [0.2, 0.25) is 0 Å². The van der Waals surface area contributed by atoms with Gasteiger partial charge in [0.05, 0.1) is 17.9 Å². The number of oxime groups is 1. The highest BCUT2D eigenvalue weighted by Gasteiger charge is 2.06. The summed E-state index contributed by atoms with van der Waals surface area (Å²) >= 11 is 3.33. The minimum Gasteiger partial charge on any atom is -0.409 e. The van der Waals surface area contributed by atoms with E-state index in [0.717, 1.165) is 10.2 Å². The summed E-state index contributed by atoms with van der Waals surface area (Å²) in [6.45, 7) is 0.575. The summed E-state index contributed by atoms with van der Waals surface area (Å²) in [7, 11) is 0. The van der Waals surface area contributed by atoms with E-state index in [1.807, 2.05) is 29.0 Å². The lowest BCUT2D eigenvalue weighted by molar-refractivity contribution is 0.318. The van der Waals surface area contributed by atoms with Gasteiger partial charge in [-0.15, -0.1) is 0 Å². The maximum atomic E-state index is 8.66. The average Bonchev–Trinajstić information content (AvgIpc) is 2.79. The monoisotopic (exact) mass is 294 g/mol. The zero-order valence-electron chi connectivity index (χ0n) is 8.92. The molecule has 0 aliphatic carbocycles. The number of aromatic nitrogens is 2. The Hall–Kier alpha value is -1.82. The van der Waals surface area contributed by atoms with Gasteiger partial charge in [-0.2, -0.15) is 0 Å². The van der Waals surface area contributed by atoms with Crippen LogP contribution in [-0.4, -0.2) is 20.6 Å². The first-order valence-corrected chi connectivity index (χ1v) is 5.73. The van der Waals surface area contributed by atoms with Crippen molar-refractivity contribution in [2.24, 2.45) is 10.9 Å². The second-order valence-corrected chi connectivity index (χ2v) is 4.39. The molecule has 0 saturated heterocycles. The summed E-state index contributed by atoms with van der Waals surface area (Å²) in [4.78, 5) is 4.27. The first kappa shape index (κ1) is 11.7. The van der Waals surface area contributed by atoms with Gasteiger partial charge < -0.3 is 15.5 Å². The molecule has 0 aliphatic heterocycles. The number of rotatable bonds is 3. The summed E-state index contributed by atoms with van der Waals surface area (Å²) in [5.74, 6) is 0.0899. The second-order valence-electron chi connectivity index (χ2n) is 3.47. The largest absolute Gasteiger partial charge is 0.409 e. The fourth-order valence-electron chi connectivity index (χ4n) is 1.51. The van der Waals surface area contributed by atoms with Crippen LogP contribution in [0.15, 0.2) is 46.3 Å². The molecule has 2 aromatic heterocycles. The van der Waals surface area contributed by atoms with Crippen LogP contribution < -0.4 is 5.73 Å². The number of nitrogens with two attached hydrogens (primary N) is 1. The van der Waals surface area contributed by atoms with E-state index in [2.05, 4.69) is 26.1 Å². The van der Waals surface area contributed by atoms with E-state index in [4.69, 9.17) is 10.9 Å². The lowest BCUT2D eigenvalue weighted by Crippen LogP contribution is -2.18. The molecule has 17 heavy (non-hydrogen) atoms. The maximum absolute atomic E-state index is 8.66. The van der Waals surface area contributed by atoms with Crippen LogP contribution in [0.3, 0.4) is 0 Å². The lowest BCUT2D eigenvalue weighted by atomic mass is 10.3. The summed E-state index contributed by atoms with van der Waals surface area (Å²) in [5.41, 5.74) is 7.13. The van der Waals surface area contributed by atoms with Crippen molar-refractivity contribution in [3.8, 4) is 0 Å². The zero-order valence-corrected chi connectivity index (χ0v) is 10.5. The van der Waals surface area contributed by atoms with E-state index >= 15 is 0 Å². The Morgan fingerprint density at radius 1 is 1.47 bits per heavy atom. The van der Waals surface area contributed by atoms with Crippen LogP contribution in [-0.2, 0) is 6.54 Å². The minimum absolute atomic E-state index is 0.0899. The van der Waals surface area contributed by atoms with Gasteiger partial charge in [0, 0.05) is 16.9 Å². The molecule has 0 aromatic carbocycles. The maximum Gasteiger partial charge on any atom is 0.186 e. The van der Waals surface area contributed by atoms with Crippen molar-refractivity contribution in [2.45, 2.75) is 6.54 Å². The molecule has 3 N–H and O–H groups in total. The highest BCUT2D eigenvalue weighted by Crippen LogP contribution is 2.10. The molecule has 5 nitrogen and oxygen atoms in total. The van der Waals surface area contributed by atoms with Crippen molar-refractivity contribution in [1.82, 2.24) is 9.55 Å². The minimum atomic E-state index is 0.0899. The van der Waals surface area contributed by atoms with Gasteiger partial charge in [-0.3, -0.25) is 4.98 Å². The first-order chi connectivity index (χ1) is 8.20. The molecule has 0 unspecified atom stereocenters. The van der Waals surface area contributed by atoms with Crippen LogP contribution in [0, 0.1) is 0 Å². The van der Waals surface area contributed by atoms with Gasteiger partial charge in [0.1, 0.15) is 0 Å². The van der Waals surface area contributed by atoms with Crippen molar-refractivity contribution in [2.75, 3.05) is 0 Å². The normalized spacial score (nSPS) is 11.7. The average molecular weight is 295 g/mol. The van der Waals surface area contributed by atoms with Gasteiger partial charge in [-0.05, 0) is 40.2 Å². The fourth-order valence-corrected chi connectivity index (χ4v) is 1.74. The number of amidine groups is 1. The Labute approximate surface area is 107 Å². The fraction of sp³-hybridized carbons (Fsp3) is 0.0909. The van der Waals surface area contributed by atoms with Crippen molar-refractivity contribution in [3.05, 3.63) is 52.5 Å². The lowest BCUT2D eigenvalue weighted by Gasteiger charge is -2.07. The predicted octanol–water partition coefficient (Wildman–Crippen LogP) is 1.79. The summed E-state index contributed by atoms with van der Waals surface area (Å²) in [6, 6.07) is 7.47. The quantitative estimate of drug-likeness (QED) is 0.392. The van der Waals surface area contributed by atoms with Gasteiger partial charge in [-0.25, -0.2) is 0 Å². The molecule has 0 spiro atoms. The van der Waals surface area contributed by atoms with Gasteiger partial charge in [0.2, 0.25) is 0 Å². The second kappa shape index (κ2) is 5.01. The molecule has 6 heteroatoms. The Morgan fingerprint density at radius 3 is 2.94 bits per heavy atom. The summed E-state index contributed by atoms with van der Waals surface area (Å²) in [6.07, 6.45) is 3.60. The molecule has 0 atom stereocenters. The van der Waals surface area contributed by atoms with Crippen LogP contribution in [0.25, 0.3) is 0 Å². The van der Waals surface area contributed by atoms with E-state index in [1.165, 1.54) is 0 Å². The third kappa shape index (κ3) is 2.65. The molecule has 0 bridgehead atoms. The Kier molecular flexibility index (Phi) is 3.43. The van der Waals surface area contributed by atoms with E-state index in [9.17, 15) is 0 Å². The standard InChI is InChI=1S/C11H11BrN4O/c12-8-3-4-9(14-6-8)7-16-5-1-2-10(16)11(13)15-17/h1-6,17H,7H2,(H2,13,15). The van der Waals surface area contributed by atoms with Gasteiger partial charge in [0.15, 0.2) is 5.84 Å². The highest BCUT2D eigenvalue weighted by atomic mass is 79.9. The van der Waals surface area contributed by atoms with Crippen molar-refractivity contribution < 1.29 is 5.21 Å². The van der Waals surface area contributed by atoms with E-state index in [-0.39, 0.29) is 5.84 Å². The molecule has 2 aromatic rings. The van der Waals surface area contributed by atoms with E-state index < -0.39 is 0 Å².